The summed E-state index contributed by atoms with van der Waals surface area (Å²) in [4.78, 5) is 24.0. The molecule has 1 aliphatic rings. The highest BCUT2D eigenvalue weighted by Gasteiger charge is 2.36. The second-order valence-corrected chi connectivity index (χ2v) is 6.06. The molecule has 5 nitrogen and oxygen atoms in total. The standard InChI is InChI=1S/C19H16ClNO4/c1-11-8-9-12(2)14(10-11)21-16-15(20)18(23)25-19(16)24-17(22)13-6-4-3-5-7-13/h3-10,19,21H,1-2H3/t19-/m1/s1. The highest BCUT2D eigenvalue weighted by atomic mass is 35.5. The smallest absolute Gasteiger partial charge is 0.355 e. The average Bonchev–Trinajstić information content (AvgIpc) is 2.86. The number of carbonyl (C=O) groups excluding carboxylic acids is 2. The van der Waals surface area contributed by atoms with Crippen molar-refractivity contribution in [2.24, 2.45) is 0 Å². The molecule has 2 aromatic carbocycles. The molecule has 1 atom stereocenters. The number of esters is 2. The normalized spacial score (nSPS) is 16.6. The third kappa shape index (κ3) is 3.67. The van der Waals surface area contributed by atoms with Crippen LogP contribution in [0.3, 0.4) is 0 Å². The number of hydrogen-bond donors (Lipinski definition) is 1. The Morgan fingerprint density at radius 1 is 1.16 bits per heavy atom. The Hall–Kier alpha value is -2.79. The van der Waals surface area contributed by atoms with Crippen molar-refractivity contribution < 1.29 is 19.1 Å². The van der Waals surface area contributed by atoms with Crippen molar-refractivity contribution >= 4 is 29.2 Å². The molecule has 0 aliphatic carbocycles. The average molecular weight is 358 g/mol. The van der Waals surface area contributed by atoms with E-state index in [1.807, 2.05) is 32.0 Å². The minimum atomic E-state index is -1.22. The quantitative estimate of drug-likeness (QED) is 0.840. The van der Waals surface area contributed by atoms with Gasteiger partial charge in [0.1, 0.15) is 5.70 Å². The third-order valence-corrected chi connectivity index (χ3v) is 4.11. The molecular formula is C19H16ClNO4. The van der Waals surface area contributed by atoms with E-state index in [4.69, 9.17) is 21.1 Å². The van der Waals surface area contributed by atoms with Crippen LogP contribution in [0.15, 0.2) is 59.3 Å². The molecule has 0 spiro atoms. The van der Waals surface area contributed by atoms with E-state index in [1.165, 1.54) is 0 Å². The van der Waals surface area contributed by atoms with Crippen molar-refractivity contribution in [2.45, 2.75) is 20.1 Å². The van der Waals surface area contributed by atoms with E-state index in [0.29, 0.717) is 5.56 Å². The van der Waals surface area contributed by atoms with Crippen LogP contribution in [0, 0.1) is 13.8 Å². The first-order valence-corrected chi connectivity index (χ1v) is 8.04. The van der Waals surface area contributed by atoms with Crippen LogP contribution < -0.4 is 5.32 Å². The number of carbonyl (C=O) groups is 2. The Kier molecular flexibility index (Phi) is 4.76. The molecule has 3 rings (SSSR count). The van der Waals surface area contributed by atoms with E-state index in [9.17, 15) is 9.59 Å². The van der Waals surface area contributed by atoms with Gasteiger partial charge in [0.2, 0.25) is 0 Å². The Balaban J connectivity index is 1.84. The maximum Gasteiger partial charge on any atom is 0.355 e. The Labute approximate surface area is 150 Å². The predicted octanol–water partition coefficient (Wildman–Crippen LogP) is 3.91. The van der Waals surface area contributed by atoms with Gasteiger partial charge < -0.3 is 14.8 Å². The number of ether oxygens (including phenoxy) is 2. The molecule has 1 N–H and O–H groups in total. The van der Waals surface area contributed by atoms with Gasteiger partial charge in [0.15, 0.2) is 5.03 Å². The van der Waals surface area contributed by atoms with Gasteiger partial charge in [-0.15, -0.1) is 0 Å². The molecule has 0 amide bonds. The summed E-state index contributed by atoms with van der Waals surface area (Å²) in [5.74, 6) is -1.34. The zero-order valence-corrected chi connectivity index (χ0v) is 14.5. The molecule has 1 aliphatic heterocycles. The van der Waals surface area contributed by atoms with E-state index in [1.54, 1.807) is 30.3 Å². The third-order valence-electron chi connectivity index (χ3n) is 3.75. The lowest BCUT2D eigenvalue weighted by Gasteiger charge is -2.17. The predicted molar refractivity (Wildman–Crippen MR) is 94.2 cm³/mol. The van der Waals surface area contributed by atoms with E-state index in [-0.39, 0.29) is 10.7 Å². The number of halogens is 1. The summed E-state index contributed by atoms with van der Waals surface area (Å²) in [6.07, 6.45) is -1.22. The number of cyclic esters (lactones) is 1. The molecule has 128 valence electrons. The monoisotopic (exact) mass is 357 g/mol. The fraction of sp³-hybridized carbons (Fsp3) is 0.158. The summed E-state index contributed by atoms with van der Waals surface area (Å²) in [6, 6.07) is 14.3. The molecule has 0 bridgehead atoms. The second-order valence-electron chi connectivity index (χ2n) is 5.68. The maximum atomic E-state index is 12.2. The van der Waals surface area contributed by atoms with E-state index in [2.05, 4.69) is 5.32 Å². The Bertz CT molecular complexity index is 861. The van der Waals surface area contributed by atoms with Gasteiger partial charge in [0, 0.05) is 5.69 Å². The molecule has 6 heteroatoms. The topological polar surface area (TPSA) is 64.6 Å². The first kappa shape index (κ1) is 17.0. The van der Waals surface area contributed by atoms with Crippen LogP contribution in [-0.4, -0.2) is 18.2 Å². The molecule has 0 unspecified atom stereocenters. The molecular weight excluding hydrogens is 342 g/mol. The molecule has 25 heavy (non-hydrogen) atoms. The Morgan fingerprint density at radius 3 is 2.60 bits per heavy atom. The summed E-state index contributed by atoms with van der Waals surface area (Å²) in [5.41, 5.74) is 3.31. The lowest BCUT2D eigenvalue weighted by Crippen LogP contribution is -2.24. The van der Waals surface area contributed by atoms with Crippen LogP contribution >= 0.6 is 11.6 Å². The van der Waals surface area contributed by atoms with Crippen LogP contribution in [0.25, 0.3) is 0 Å². The fourth-order valence-corrected chi connectivity index (χ4v) is 2.55. The van der Waals surface area contributed by atoms with Crippen LogP contribution in [0.1, 0.15) is 21.5 Å². The van der Waals surface area contributed by atoms with E-state index >= 15 is 0 Å². The first-order valence-electron chi connectivity index (χ1n) is 7.66. The van der Waals surface area contributed by atoms with Gasteiger partial charge in [-0.1, -0.05) is 41.9 Å². The zero-order chi connectivity index (χ0) is 18.0. The zero-order valence-electron chi connectivity index (χ0n) is 13.7. The first-order chi connectivity index (χ1) is 12.0. The van der Waals surface area contributed by atoms with Crippen LogP contribution in [0.2, 0.25) is 0 Å². The fourth-order valence-electron chi connectivity index (χ4n) is 2.37. The van der Waals surface area contributed by atoms with Gasteiger partial charge in [-0.25, -0.2) is 9.59 Å². The van der Waals surface area contributed by atoms with E-state index in [0.717, 1.165) is 16.8 Å². The largest absolute Gasteiger partial charge is 0.415 e. The summed E-state index contributed by atoms with van der Waals surface area (Å²) >= 11 is 6.05. The van der Waals surface area contributed by atoms with Crippen molar-refractivity contribution in [1.29, 1.82) is 0 Å². The van der Waals surface area contributed by atoms with Crippen LogP contribution in [0.5, 0.6) is 0 Å². The number of hydrogen-bond acceptors (Lipinski definition) is 5. The molecule has 0 radical (unpaired) electrons. The minimum absolute atomic E-state index is 0.133. The number of benzene rings is 2. The highest BCUT2D eigenvalue weighted by molar-refractivity contribution is 6.42. The molecule has 1 heterocycles. The lowest BCUT2D eigenvalue weighted by molar-refractivity contribution is -0.152. The summed E-state index contributed by atoms with van der Waals surface area (Å²) in [6.45, 7) is 3.86. The number of anilines is 1. The molecule has 2 aromatic rings. The van der Waals surface area contributed by atoms with Crippen molar-refractivity contribution in [2.75, 3.05) is 5.32 Å². The van der Waals surface area contributed by atoms with Crippen LogP contribution in [0.4, 0.5) is 5.69 Å². The minimum Gasteiger partial charge on any atom is -0.415 e. The lowest BCUT2D eigenvalue weighted by atomic mass is 10.1. The van der Waals surface area contributed by atoms with Crippen molar-refractivity contribution in [3.63, 3.8) is 0 Å². The molecule has 0 fully saturated rings. The van der Waals surface area contributed by atoms with E-state index < -0.39 is 18.2 Å². The highest BCUT2D eigenvalue weighted by Crippen LogP contribution is 2.30. The Morgan fingerprint density at radius 2 is 1.88 bits per heavy atom. The van der Waals surface area contributed by atoms with Gasteiger partial charge in [-0.3, -0.25) is 0 Å². The van der Waals surface area contributed by atoms with Gasteiger partial charge >= 0.3 is 11.9 Å². The number of aryl methyl sites for hydroxylation is 2. The SMILES string of the molecule is Cc1ccc(C)c(NC2=C(Cl)C(=O)O[C@H]2OC(=O)c2ccccc2)c1. The van der Waals surface area contributed by atoms with Gasteiger partial charge in [0.05, 0.1) is 5.56 Å². The van der Waals surface area contributed by atoms with Crippen molar-refractivity contribution in [3.8, 4) is 0 Å². The van der Waals surface area contributed by atoms with Crippen LogP contribution in [-0.2, 0) is 14.3 Å². The summed E-state index contributed by atoms with van der Waals surface area (Å²) in [7, 11) is 0. The van der Waals surface area contributed by atoms with Crippen molar-refractivity contribution in [1.82, 2.24) is 0 Å². The molecule has 0 aromatic heterocycles. The van der Waals surface area contributed by atoms with Crippen molar-refractivity contribution in [3.05, 3.63) is 76.0 Å². The van der Waals surface area contributed by atoms with Gasteiger partial charge in [-0.2, -0.15) is 0 Å². The maximum absolute atomic E-state index is 12.2. The second kappa shape index (κ2) is 6.99. The van der Waals surface area contributed by atoms with Gasteiger partial charge in [-0.05, 0) is 43.2 Å². The number of nitrogens with one attached hydrogen (secondary N) is 1. The summed E-state index contributed by atoms with van der Waals surface area (Å²) < 4.78 is 10.4. The number of rotatable bonds is 4. The van der Waals surface area contributed by atoms with Gasteiger partial charge in [0.25, 0.3) is 6.29 Å². The summed E-state index contributed by atoms with van der Waals surface area (Å²) in [5, 5.41) is 2.93. The molecule has 0 saturated carbocycles. The molecule has 0 saturated heterocycles.